The maximum Gasteiger partial charge on any atom is 0.506 e. The molecule has 0 aromatic rings. The number of hydrogen-bond acceptors (Lipinski definition) is 2. The molecule has 0 aromatic carbocycles. The highest BCUT2D eigenvalue weighted by Crippen LogP contribution is 2.40. The van der Waals surface area contributed by atoms with Crippen molar-refractivity contribution in [2.24, 2.45) is 11.3 Å². The van der Waals surface area contributed by atoms with Gasteiger partial charge >= 0.3 is 6.16 Å². The molecule has 2 atom stereocenters. The monoisotopic (exact) mass is 186 g/mol. The molecule has 0 aliphatic heterocycles. The van der Waals surface area contributed by atoms with Gasteiger partial charge in [0.2, 0.25) is 0 Å². The molecule has 0 saturated heterocycles. The summed E-state index contributed by atoms with van der Waals surface area (Å²) in [6.45, 7) is 6.22. The van der Waals surface area contributed by atoms with E-state index in [-0.39, 0.29) is 11.5 Å². The third kappa shape index (κ3) is 2.36. The van der Waals surface area contributed by atoms with Gasteiger partial charge in [0.15, 0.2) is 0 Å². The number of ether oxygens (including phenoxy) is 1. The Labute approximate surface area is 79.1 Å². The van der Waals surface area contributed by atoms with Gasteiger partial charge in [0.05, 0.1) is 0 Å². The highest BCUT2D eigenvalue weighted by Gasteiger charge is 2.39. The Hall–Kier alpha value is -0.730. The quantitative estimate of drug-likeness (QED) is 0.640. The van der Waals surface area contributed by atoms with Crippen LogP contribution >= 0.6 is 0 Å². The van der Waals surface area contributed by atoms with Gasteiger partial charge in [-0.2, -0.15) is 0 Å². The normalized spacial score (nSPS) is 32.5. The highest BCUT2D eigenvalue weighted by atomic mass is 16.7. The van der Waals surface area contributed by atoms with Gasteiger partial charge in [0.1, 0.15) is 6.10 Å². The Morgan fingerprint density at radius 3 is 2.62 bits per heavy atom. The van der Waals surface area contributed by atoms with Crippen LogP contribution in [0.4, 0.5) is 4.79 Å². The van der Waals surface area contributed by atoms with E-state index in [4.69, 9.17) is 9.84 Å². The minimum atomic E-state index is -1.15. The lowest BCUT2D eigenvalue weighted by Gasteiger charge is -2.41. The predicted octanol–water partition coefficient (Wildman–Crippen LogP) is 2.90. The van der Waals surface area contributed by atoms with Gasteiger partial charge in [-0.25, -0.2) is 4.79 Å². The molecule has 1 aliphatic rings. The minimum Gasteiger partial charge on any atom is -0.450 e. The van der Waals surface area contributed by atoms with Crippen molar-refractivity contribution in [1.29, 1.82) is 0 Å². The zero-order valence-electron chi connectivity index (χ0n) is 8.54. The molecule has 3 heteroatoms. The molecule has 1 N–H and O–H groups in total. The number of hydrogen-bond donors (Lipinski definition) is 1. The predicted molar refractivity (Wildman–Crippen MR) is 49.7 cm³/mol. The summed E-state index contributed by atoms with van der Waals surface area (Å²) in [6.07, 6.45) is 2.01. The molecular formula is C10H18O3. The number of rotatable bonds is 1. The molecule has 13 heavy (non-hydrogen) atoms. The second-order valence-corrected chi connectivity index (χ2v) is 4.66. The smallest absolute Gasteiger partial charge is 0.450 e. The summed E-state index contributed by atoms with van der Waals surface area (Å²) in [6, 6.07) is 0. The van der Waals surface area contributed by atoms with Crippen molar-refractivity contribution >= 4 is 6.16 Å². The second-order valence-electron chi connectivity index (χ2n) is 4.66. The van der Waals surface area contributed by atoms with Crippen molar-refractivity contribution in [2.75, 3.05) is 0 Å². The summed E-state index contributed by atoms with van der Waals surface area (Å²) in [5.74, 6) is 0.347. The average molecular weight is 186 g/mol. The molecule has 0 unspecified atom stereocenters. The maximum absolute atomic E-state index is 10.5. The van der Waals surface area contributed by atoms with Crippen molar-refractivity contribution in [3.05, 3.63) is 0 Å². The van der Waals surface area contributed by atoms with Crippen LogP contribution in [0, 0.1) is 11.3 Å². The number of carbonyl (C=O) groups is 1. The molecule has 0 radical (unpaired) electrons. The Balaban J connectivity index is 2.68. The first-order valence-electron chi connectivity index (χ1n) is 4.83. The molecule has 1 saturated carbocycles. The van der Waals surface area contributed by atoms with E-state index in [9.17, 15) is 4.79 Å². The first-order chi connectivity index (χ1) is 5.93. The molecule has 0 amide bonds. The van der Waals surface area contributed by atoms with Gasteiger partial charge in [-0.3, -0.25) is 0 Å². The van der Waals surface area contributed by atoms with Crippen LogP contribution in [0.25, 0.3) is 0 Å². The van der Waals surface area contributed by atoms with Gasteiger partial charge in [-0.05, 0) is 18.8 Å². The first kappa shape index (κ1) is 10.4. The van der Waals surface area contributed by atoms with E-state index in [1.807, 2.05) is 0 Å². The van der Waals surface area contributed by atoms with E-state index in [0.717, 1.165) is 12.8 Å². The zero-order chi connectivity index (χ0) is 10.1. The molecule has 0 spiro atoms. The summed E-state index contributed by atoms with van der Waals surface area (Å²) < 4.78 is 4.94. The van der Waals surface area contributed by atoms with E-state index in [2.05, 4.69) is 20.8 Å². The Bertz CT molecular complexity index is 198. The fourth-order valence-electron chi connectivity index (χ4n) is 2.33. The molecule has 0 bridgehead atoms. The Morgan fingerprint density at radius 2 is 2.15 bits per heavy atom. The third-order valence-corrected chi connectivity index (χ3v) is 3.00. The topological polar surface area (TPSA) is 46.5 Å². The maximum atomic E-state index is 10.5. The van der Waals surface area contributed by atoms with Crippen molar-refractivity contribution in [3.63, 3.8) is 0 Å². The van der Waals surface area contributed by atoms with Gasteiger partial charge in [0.25, 0.3) is 0 Å². The lowest BCUT2D eigenvalue weighted by molar-refractivity contribution is -0.0564. The van der Waals surface area contributed by atoms with Gasteiger partial charge in [-0.15, -0.1) is 0 Å². The van der Waals surface area contributed by atoms with Crippen LogP contribution in [0.1, 0.15) is 40.0 Å². The SMILES string of the molecule is C[C@H]1CCCC(C)(C)[C@@H]1OC(=O)O. The van der Waals surface area contributed by atoms with Crippen LogP contribution in [0.2, 0.25) is 0 Å². The highest BCUT2D eigenvalue weighted by molar-refractivity contribution is 5.57. The van der Waals surface area contributed by atoms with Crippen molar-refractivity contribution in [2.45, 2.75) is 46.1 Å². The number of carboxylic acid groups (broad SMARTS) is 1. The van der Waals surface area contributed by atoms with Crippen LogP contribution in [-0.2, 0) is 4.74 Å². The molecule has 3 nitrogen and oxygen atoms in total. The largest absolute Gasteiger partial charge is 0.506 e. The average Bonchev–Trinajstić information content (AvgIpc) is 1.96. The fraction of sp³-hybridized carbons (Fsp3) is 0.900. The van der Waals surface area contributed by atoms with Gasteiger partial charge in [0, 0.05) is 5.41 Å². The summed E-state index contributed by atoms with van der Waals surface area (Å²) >= 11 is 0. The Kier molecular flexibility index (Phi) is 2.84. The molecule has 1 aliphatic carbocycles. The molecule has 1 fully saturated rings. The van der Waals surface area contributed by atoms with Gasteiger partial charge < -0.3 is 9.84 Å². The minimum absolute atomic E-state index is 0.00391. The lowest BCUT2D eigenvalue weighted by Crippen LogP contribution is -2.41. The van der Waals surface area contributed by atoms with Crippen molar-refractivity contribution in [1.82, 2.24) is 0 Å². The van der Waals surface area contributed by atoms with Crippen LogP contribution < -0.4 is 0 Å². The van der Waals surface area contributed by atoms with E-state index in [1.54, 1.807) is 0 Å². The molecular weight excluding hydrogens is 168 g/mol. The van der Waals surface area contributed by atoms with Crippen LogP contribution in [0.5, 0.6) is 0 Å². The summed E-state index contributed by atoms with van der Waals surface area (Å²) in [7, 11) is 0. The van der Waals surface area contributed by atoms with Crippen LogP contribution in [0.3, 0.4) is 0 Å². The zero-order valence-corrected chi connectivity index (χ0v) is 8.54. The molecule has 1 rings (SSSR count). The summed E-state index contributed by atoms with van der Waals surface area (Å²) in [5.41, 5.74) is -0.00391. The van der Waals surface area contributed by atoms with Crippen molar-refractivity contribution < 1.29 is 14.6 Å². The summed E-state index contributed by atoms with van der Waals surface area (Å²) in [5, 5.41) is 8.59. The van der Waals surface area contributed by atoms with Crippen molar-refractivity contribution in [3.8, 4) is 0 Å². The van der Waals surface area contributed by atoms with E-state index >= 15 is 0 Å². The molecule has 0 heterocycles. The molecule has 76 valence electrons. The van der Waals surface area contributed by atoms with Gasteiger partial charge in [-0.1, -0.05) is 27.2 Å². The fourth-order valence-corrected chi connectivity index (χ4v) is 2.33. The van der Waals surface area contributed by atoms with E-state index < -0.39 is 6.16 Å². The molecule has 0 aromatic heterocycles. The van der Waals surface area contributed by atoms with E-state index in [0.29, 0.717) is 5.92 Å². The van der Waals surface area contributed by atoms with Crippen LogP contribution in [-0.4, -0.2) is 17.4 Å². The lowest BCUT2D eigenvalue weighted by atomic mass is 9.70. The third-order valence-electron chi connectivity index (χ3n) is 3.00. The summed E-state index contributed by atoms with van der Waals surface area (Å²) in [4.78, 5) is 10.5. The Morgan fingerprint density at radius 1 is 1.54 bits per heavy atom. The standard InChI is InChI=1S/C10H18O3/c1-7-5-4-6-10(2,3)8(7)13-9(11)12/h7-8H,4-6H2,1-3H3,(H,11,12)/t7-,8+/m0/s1. The first-order valence-corrected chi connectivity index (χ1v) is 4.83. The second kappa shape index (κ2) is 3.56. The van der Waals surface area contributed by atoms with Crippen LogP contribution in [0.15, 0.2) is 0 Å². The van der Waals surface area contributed by atoms with E-state index in [1.165, 1.54) is 6.42 Å².